The fourth-order valence-electron chi connectivity index (χ4n) is 3.56. The molecule has 0 unspecified atom stereocenters. The molecule has 1 saturated carbocycles. The van der Waals surface area contributed by atoms with Gasteiger partial charge in [0.1, 0.15) is 0 Å². The lowest BCUT2D eigenvalue weighted by molar-refractivity contribution is -0.117. The highest BCUT2D eigenvalue weighted by Crippen LogP contribution is 2.25. The third-order valence-electron chi connectivity index (χ3n) is 5.75. The van der Waals surface area contributed by atoms with Crippen molar-refractivity contribution in [2.45, 2.75) is 25.4 Å². The van der Waals surface area contributed by atoms with E-state index in [1.54, 1.807) is 48.0 Å². The smallest absolute Gasteiger partial charge is 0.274 e. The Bertz CT molecular complexity index is 1340. The second-order valence-corrected chi connectivity index (χ2v) is 9.11. The van der Waals surface area contributed by atoms with Crippen molar-refractivity contribution < 1.29 is 19.6 Å². The first kappa shape index (κ1) is 25.9. The topological polar surface area (TPSA) is 108 Å². The summed E-state index contributed by atoms with van der Waals surface area (Å²) in [6.07, 6.45) is 6.98. The first-order chi connectivity index (χ1) is 17.9. The zero-order chi connectivity index (χ0) is 26.2. The number of rotatable bonds is 9. The van der Waals surface area contributed by atoms with Gasteiger partial charge < -0.3 is 10.6 Å². The van der Waals surface area contributed by atoms with Gasteiger partial charge in [-0.1, -0.05) is 60.1 Å². The molecule has 3 aromatic carbocycles. The van der Waals surface area contributed by atoms with E-state index in [1.165, 1.54) is 6.08 Å². The van der Waals surface area contributed by atoms with Crippen LogP contribution in [0.5, 0.6) is 0 Å². The normalized spacial score (nSPS) is 13.3. The largest absolute Gasteiger partial charge is 0.349 e. The maximum absolute atomic E-state index is 12.9. The molecular formula is C29H26ClN3O4. The molecule has 0 aromatic heterocycles. The molecule has 0 aliphatic heterocycles. The molecule has 4 N–H and O–H groups in total. The van der Waals surface area contributed by atoms with Gasteiger partial charge in [0.25, 0.3) is 11.8 Å². The van der Waals surface area contributed by atoms with E-state index in [0.29, 0.717) is 22.7 Å². The van der Waals surface area contributed by atoms with Gasteiger partial charge in [0.05, 0.1) is 0 Å². The maximum atomic E-state index is 12.9. The predicted octanol–water partition coefficient (Wildman–Crippen LogP) is 4.61. The number of hydroxylamine groups is 1. The predicted molar refractivity (Wildman–Crippen MR) is 144 cm³/mol. The Morgan fingerprint density at radius 1 is 0.919 bits per heavy atom. The molecule has 3 aromatic rings. The third-order valence-corrected chi connectivity index (χ3v) is 5.99. The van der Waals surface area contributed by atoms with Crippen LogP contribution in [0.2, 0.25) is 5.02 Å². The lowest BCUT2D eigenvalue weighted by atomic mass is 10.0. The summed E-state index contributed by atoms with van der Waals surface area (Å²) in [7, 11) is 0. The van der Waals surface area contributed by atoms with Gasteiger partial charge in [0.15, 0.2) is 0 Å². The molecule has 188 valence electrons. The molecular weight excluding hydrogens is 490 g/mol. The summed E-state index contributed by atoms with van der Waals surface area (Å²) < 4.78 is 0. The number of halogens is 1. The molecule has 0 heterocycles. The van der Waals surface area contributed by atoms with Crippen LogP contribution in [0.1, 0.15) is 45.5 Å². The summed E-state index contributed by atoms with van der Waals surface area (Å²) in [6, 6.07) is 21.5. The van der Waals surface area contributed by atoms with E-state index < -0.39 is 5.91 Å². The van der Waals surface area contributed by atoms with Crippen LogP contribution in [-0.4, -0.2) is 29.0 Å². The van der Waals surface area contributed by atoms with Gasteiger partial charge >= 0.3 is 0 Å². The average Bonchev–Trinajstić information content (AvgIpc) is 3.73. The Labute approximate surface area is 219 Å². The lowest BCUT2D eigenvalue weighted by Crippen LogP contribution is -2.26. The molecule has 0 bridgehead atoms. The molecule has 1 aliphatic rings. The Kier molecular flexibility index (Phi) is 8.51. The van der Waals surface area contributed by atoms with Crippen molar-refractivity contribution in [3.05, 3.63) is 112 Å². The van der Waals surface area contributed by atoms with Gasteiger partial charge in [-0.2, -0.15) is 0 Å². The van der Waals surface area contributed by atoms with Crippen molar-refractivity contribution in [3.63, 3.8) is 0 Å². The first-order valence-corrected chi connectivity index (χ1v) is 12.2. The van der Waals surface area contributed by atoms with Crippen molar-refractivity contribution in [1.82, 2.24) is 16.1 Å². The number of carbonyl (C=O) groups is 3. The standard InChI is InChI=1S/C29H26ClN3O4/c30-24-3-1-2-23(17-24)26(29(36)32-25-13-14-25)16-20-6-4-19(5-7-20)10-15-27(34)31-18-21-8-11-22(12-9-21)28(35)33-37/h1-12,15-17,25,37H,13-14,18H2,(H,31,34)(H,32,36)(H,33,35). The summed E-state index contributed by atoms with van der Waals surface area (Å²) in [5.41, 5.74) is 5.68. The molecule has 4 rings (SSSR count). The minimum atomic E-state index is -0.595. The van der Waals surface area contributed by atoms with Crippen LogP contribution >= 0.6 is 11.6 Å². The molecule has 3 amide bonds. The van der Waals surface area contributed by atoms with E-state index in [-0.39, 0.29) is 17.9 Å². The Morgan fingerprint density at radius 3 is 2.27 bits per heavy atom. The zero-order valence-electron chi connectivity index (χ0n) is 19.9. The van der Waals surface area contributed by atoms with Gasteiger partial charge in [0.2, 0.25) is 5.91 Å². The van der Waals surface area contributed by atoms with Crippen LogP contribution in [0, 0.1) is 0 Å². The fraction of sp³-hybridized carbons (Fsp3) is 0.138. The lowest BCUT2D eigenvalue weighted by Gasteiger charge is -2.10. The van der Waals surface area contributed by atoms with Gasteiger partial charge in [-0.15, -0.1) is 0 Å². The fourth-order valence-corrected chi connectivity index (χ4v) is 3.75. The highest BCUT2D eigenvalue weighted by atomic mass is 35.5. The summed E-state index contributed by atoms with van der Waals surface area (Å²) in [6.45, 7) is 0.295. The number of hydrogen-bond donors (Lipinski definition) is 4. The number of benzene rings is 3. The second-order valence-electron chi connectivity index (χ2n) is 8.67. The van der Waals surface area contributed by atoms with Crippen LogP contribution in [0.25, 0.3) is 17.7 Å². The average molecular weight is 516 g/mol. The van der Waals surface area contributed by atoms with E-state index >= 15 is 0 Å². The van der Waals surface area contributed by atoms with Gasteiger partial charge in [-0.05, 0) is 71.5 Å². The number of amides is 3. The van der Waals surface area contributed by atoms with Crippen LogP contribution in [0.4, 0.5) is 0 Å². The van der Waals surface area contributed by atoms with Crippen molar-refractivity contribution in [3.8, 4) is 0 Å². The van der Waals surface area contributed by atoms with Gasteiger partial charge in [-0.25, -0.2) is 5.48 Å². The van der Waals surface area contributed by atoms with Gasteiger partial charge in [0, 0.05) is 34.8 Å². The molecule has 1 fully saturated rings. The highest BCUT2D eigenvalue weighted by Gasteiger charge is 2.25. The zero-order valence-corrected chi connectivity index (χ0v) is 20.7. The molecule has 0 radical (unpaired) electrons. The molecule has 0 spiro atoms. The van der Waals surface area contributed by atoms with Crippen LogP contribution in [0.15, 0.2) is 78.9 Å². The minimum Gasteiger partial charge on any atom is -0.349 e. The summed E-state index contributed by atoms with van der Waals surface area (Å²) >= 11 is 6.15. The van der Waals surface area contributed by atoms with Crippen molar-refractivity contribution in [2.75, 3.05) is 0 Å². The SMILES string of the molecule is O=C(C=Cc1ccc(C=C(C(=O)NC2CC2)c2cccc(Cl)c2)cc1)NCc1ccc(C(=O)NO)cc1. The van der Waals surface area contributed by atoms with Crippen molar-refractivity contribution in [1.29, 1.82) is 0 Å². The monoisotopic (exact) mass is 515 g/mol. The molecule has 7 nitrogen and oxygen atoms in total. The molecule has 8 heteroatoms. The van der Waals surface area contributed by atoms with Crippen LogP contribution < -0.4 is 16.1 Å². The molecule has 0 atom stereocenters. The van der Waals surface area contributed by atoms with Crippen LogP contribution in [0.3, 0.4) is 0 Å². The number of nitrogens with one attached hydrogen (secondary N) is 3. The van der Waals surface area contributed by atoms with E-state index in [2.05, 4.69) is 10.6 Å². The number of carbonyl (C=O) groups excluding carboxylic acids is 3. The quantitative estimate of drug-likeness (QED) is 0.144. The second kappa shape index (κ2) is 12.2. The first-order valence-electron chi connectivity index (χ1n) is 11.8. The minimum absolute atomic E-state index is 0.128. The van der Waals surface area contributed by atoms with E-state index in [1.807, 2.05) is 42.5 Å². The molecule has 0 saturated heterocycles. The highest BCUT2D eigenvalue weighted by molar-refractivity contribution is 6.31. The van der Waals surface area contributed by atoms with Crippen LogP contribution in [-0.2, 0) is 16.1 Å². The van der Waals surface area contributed by atoms with Crippen molar-refractivity contribution >= 4 is 47.0 Å². The summed E-state index contributed by atoms with van der Waals surface area (Å²) in [5, 5.41) is 15.0. The molecule has 1 aliphatic carbocycles. The number of hydrogen-bond acceptors (Lipinski definition) is 4. The van der Waals surface area contributed by atoms with Crippen molar-refractivity contribution in [2.24, 2.45) is 0 Å². The third kappa shape index (κ3) is 7.64. The maximum Gasteiger partial charge on any atom is 0.274 e. The summed E-state index contributed by atoms with van der Waals surface area (Å²) in [4.78, 5) is 36.5. The van der Waals surface area contributed by atoms with E-state index in [0.717, 1.165) is 35.1 Å². The van der Waals surface area contributed by atoms with E-state index in [9.17, 15) is 14.4 Å². The molecule has 37 heavy (non-hydrogen) atoms. The Balaban J connectivity index is 1.38. The summed E-state index contributed by atoms with van der Waals surface area (Å²) in [5.74, 6) is -0.986. The Morgan fingerprint density at radius 2 is 1.62 bits per heavy atom. The van der Waals surface area contributed by atoms with Gasteiger partial charge in [-0.3, -0.25) is 19.6 Å². The van der Waals surface area contributed by atoms with E-state index in [4.69, 9.17) is 16.8 Å². The Hall–Kier alpha value is -4.20.